The third-order valence-corrected chi connectivity index (χ3v) is 6.13. The number of hydrogen-bond donors (Lipinski definition) is 1. The second kappa shape index (κ2) is 8.97. The lowest BCUT2D eigenvalue weighted by molar-refractivity contribution is -0.125. The largest absolute Gasteiger partial charge is 0.354 e. The monoisotopic (exact) mass is 420 g/mol. The first kappa shape index (κ1) is 20.7. The molecule has 2 aromatic rings. The molecular formula is C21H22ClFN2O2S. The van der Waals surface area contributed by atoms with E-state index in [2.05, 4.69) is 5.32 Å². The molecule has 4 nitrogen and oxygen atoms in total. The molecule has 0 radical (unpaired) electrons. The van der Waals surface area contributed by atoms with E-state index in [9.17, 15) is 14.0 Å². The van der Waals surface area contributed by atoms with Crippen molar-refractivity contribution in [3.8, 4) is 0 Å². The van der Waals surface area contributed by atoms with E-state index in [1.165, 1.54) is 23.9 Å². The van der Waals surface area contributed by atoms with Gasteiger partial charge in [-0.3, -0.25) is 9.59 Å². The maximum Gasteiger partial charge on any atom is 0.257 e. The van der Waals surface area contributed by atoms with Gasteiger partial charge in [0, 0.05) is 12.3 Å². The van der Waals surface area contributed by atoms with Crippen LogP contribution in [0.3, 0.4) is 0 Å². The van der Waals surface area contributed by atoms with Crippen molar-refractivity contribution in [3.63, 3.8) is 0 Å². The molecule has 2 amide bonds. The SMILES string of the molecule is CC(C)CNC(=O)[C@@H]1CS[C@H](c2ccc(F)cc2)N1C(=O)c1ccccc1Cl. The van der Waals surface area contributed by atoms with Crippen LogP contribution in [0.15, 0.2) is 48.5 Å². The Morgan fingerprint density at radius 2 is 1.89 bits per heavy atom. The highest BCUT2D eigenvalue weighted by molar-refractivity contribution is 7.99. The summed E-state index contributed by atoms with van der Waals surface area (Å²) in [6, 6.07) is 12.2. The summed E-state index contributed by atoms with van der Waals surface area (Å²) < 4.78 is 13.4. The first-order valence-electron chi connectivity index (χ1n) is 9.10. The molecule has 1 aliphatic heterocycles. The predicted octanol–water partition coefficient (Wildman–Crippen LogP) is 4.51. The fourth-order valence-electron chi connectivity index (χ4n) is 3.04. The zero-order valence-corrected chi connectivity index (χ0v) is 17.3. The van der Waals surface area contributed by atoms with Crippen LogP contribution in [0, 0.1) is 11.7 Å². The summed E-state index contributed by atoms with van der Waals surface area (Å²) in [5.41, 5.74) is 1.12. The maximum absolute atomic E-state index is 13.4. The Bertz CT molecular complexity index is 860. The van der Waals surface area contributed by atoms with Gasteiger partial charge in [-0.25, -0.2) is 4.39 Å². The van der Waals surface area contributed by atoms with Gasteiger partial charge in [0.05, 0.1) is 10.6 Å². The van der Waals surface area contributed by atoms with Gasteiger partial charge >= 0.3 is 0 Å². The van der Waals surface area contributed by atoms with Crippen molar-refractivity contribution in [3.05, 3.63) is 70.5 Å². The molecule has 28 heavy (non-hydrogen) atoms. The van der Waals surface area contributed by atoms with Crippen LogP contribution >= 0.6 is 23.4 Å². The van der Waals surface area contributed by atoms with Gasteiger partial charge in [-0.2, -0.15) is 0 Å². The number of halogens is 2. The molecule has 2 atom stereocenters. The van der Waals surface area contributed by atoms with Crippen LogP contribution < -0.4 is 5.32 Å². The van der Waals surface area contributed by atoms with Crippen LogP contribution in [0.25, 0.3) is 0 Å². The quantitative estimate of drug-likeness (QED) is 0.774. The van der Waals surface area contributed by atoms with Gasteiger partial charge < -0.3 is 10.2 Å². The maximum atomic E-state index is 13.4. The minimum absolute atomic E-state index is 0.189. The van der Waals surface area contributed by atoms with Crippen molar-refractivity contribution < 1.29 is 14.0 Å². The standard InChI is InChI=1S/C21H22ClFN2O2S/c1-13(2)11-24-19(26)18-12-28-21(14-7-9-15(23)10-8-14)25(18)20(27)16-5-3-4-6-17(16)22/h3-10,13,18,21H,11-12H2,1-2H3,(H,24,26)/t18-,21+/m0/s1. The van der Waals surface area contributed by atoms with Crippen LogP contribution in [-0.2, 0) is 4.79 Å². The van der Waals surface area contributed by atoms with Crippen LogP contribution in [0.5, 0.6) is 0 Å². The molecule has 0 spiro atoms. The van der Waals surface area contributed by atoms with Gasteiger partial charge in [0.25, 0.3) is 5.91 Å². The highest BCUT2D eigenvalue weighted by Crippen LogP contribution is 2.42. The van der Waals surface area contributed by atoms with Crippen LogP contribution in [0.1, 0.15) is 35.1 Å². The van der Waals surface area contributed by atoms with Crippen LogP contribution in [0.4, 0.5) is 4.39 Å². The van der Waals surface area contributed by atoms with Crippen molar-refractivity contribution in [1.82, 2.24) is 10.2 Å². The smallest absolute Gasteiger partial charge is 0.257 e. The molecule has 7 heteroatoms. The molecule has 1 saturated heterocycles. The molecule has 0 bridgehead atoms. The highest BCUT2D eigenvalue weighted by atomic mass is 35.5. The van der Waals surface area contributed by atoms with Gasteiger partial charge in [-0.1, -0.05) is 49.7 Å². The Balaban J connectivity index is 1.94. The first-order chi connectivity index (χ1) is 13.4. The minimum Gasteiger partial charge on any atom is -0.354 e. The van der Waals surface area contributed by atoms with E-state index in [4.69, 9.17) is 11.6 Å². The van der Waals surface area contributed by atoms with Gasteiger partial charge in [-0.05, 0) is 35.7 Å². The Labute approximate surface area is 173 Å². The second-order valence-electron chi connectivity index (χ2n) is 7.08. The Morgan fingerprint density at radius 1 is 1.21 bits per heavy atom. The molecule has 0 aliphatic carbocycles. The summed E-state index contributed by atoms with van der Waals surface area (Å²) in [6.45, 7) is 4.56. The van der Waals surface area contributed by atoms with Crippen molar-refractivity contribution >= 4 is 35.2 Å². The Morgan fingerprint density at radius 3 is 2.54 bits per heavy atom. The van der Waals surface area contributed by atoms with Gasteiger partial charge in [0.1, 0.15) is 17.2 Å². The lowest BCUT2D eigenvalue weighted by Gasteiger charge is -2.29. The van der Waals surface area contributed by atoms with E-state index in [1.54, 1.807) is 41.3 Å². The van der Waals surface area contributed by atoms with E-state index in [0.717, 1.165) is 5.56 Å². The molecule has 0 unspecified atom stereocenters. The predicted molar refractivity (Wildman–Crippen MR) is 111 cm³/mol. The topological polar surface area (TPSA) is 49.4 Å². The van der Waals surface area contributed by atoms with Crippen molar-refractivity contribution in [2.45, 2.75) is 25.3 Å². The van der Waals surface area contributed by atoms with Gasteiger partial charge in [0.2, 0.25) is 5.91 Å². The highest BCUT2D eigenvalue weighted by Gasteiger charge is 2.42. The fraction of sp³-hybridized carbons (Fsp3) is 0.333. The van der Waals surface area contributed by atoms with Gasteiger partial charge in [0.15, 0.2) is 0 Å². The van der Waals surface area contributed by atoms with E-state index in [0.29, 0.717) is 28.8 Å². The lowest BCUT2D eigenvalue weighted by Crippen LogP contribution is -2.48. The molecule has 1 N–H and O–H groups in total. The van der Waals surface area contributed by atoms with E-state index >= 15 is 0 Å². The third kappa shape index (κ3) is 4.50. The molecule has 0 aromatic heterocycles. The van der Waals surface area contributed by atoms with E-state index in [-0.39, 0.29) is 23.0 Å². The first-order valence-corrected chi connectivity index (χ1v) is 10.5. The van der Waals surface area contributed by atoms with Gasteiger partial charge in [-0.15, -0.1) is 11.8 Å². The van der Waals surface area contributed by atoms with Crippen molar-refractivity contribution in [1.29, 1.82) is 0 Å². The molecular weight excluding hydrogens is 399 g/mol. The number of carbonyl (C=O) groups is 2. The number of nitrogens with one attached hydrogen (secondary N) is 1. The summed E-state index contributed by atoms with van der Waals surface area (Å²) >= 11 is 7.73. The fourth-order valence-corrected chi connectivity index (χ4v) is 4.68. The molecule has 0 saturated carbocycles. The average Bonchev–Trinajstić information content (AvgIpc) is 3.11. The summed E-state index contributed by atoms with van der Waals surface area (Å²) in [6.07, 6.45) is 0. The number of rotatable bonds is 5. The molecule has 3 rings (SSSR count). The zero-order chi connectivity index (χ0) is 20.3. The van der Waals surface area contributed by atoms with E-state index in [1.807, 2.05) is 13.8 Å². The molecule has 148 valence electrons. The summed E-state index contributed by atoms with van der Waals surface area (Å²) in [7, 11) is 0. The summed E-state index contributed by atoms with van der Waals surface area (Å²) in [5, 5.41) is 2.86. The molecule has 2 aromatic carbocycles. The summed E-state index contributed by atoms with van der Waals surface area (Å²) in [4.78, 5) is 27.7. The second-order valence-corrected chi connectivity index (χ2v) is 8.60. The zero-order valence-electron chi connectivity index (χ0n) is 15.7. The Kier molecular flexibility index (Phi) is 6.62. The minimum atomic E-state index is -0.623. The Hall–Kier alpha value is -2.05. The van der Waals surface area contributed by atoms with Crippen molar-refractivity contribution in [2.24, 2.45) is 5.92 Å². The third-order valence-electron chi connectivity index (χ3n) is 4.48. The van der Waals surface area contributed by atoms with Crippen LogP contribution in [0.2, 0.25) is 5.02 Å². The van der Waals surface area contributed by atoms with Crippen molar-refractivity contribution in [2.75, 3.05) is 12.3 Å². The molecule has 1 aliphatic rings. The molecule has 1 fully saturated rings. The summed E-state index contributed by atoms with van der Waals surface area (Å²) in [5.74, 6) is -0.0799. The van der Waals surface area contributed by atoms with Crippen LogP contribution in [-0.4, -0.2) is 35.1 Å². The normalized spacial score (nSPS) is 19.1. The number of amides is 2. The lowest BCUT2D eigenvalue weighted by atomic mass is 10.1. The number of benzene rings is 2. The number of hydrogen-bond acceptors (Lipinski definition) is 3. The number of carbonyl (C=O) groups excluding carboxylic acids is 2. The molecule has 1 heterocycles. The van der Waals surface area contributed by atoms with E-state index < -0.39 is 6.04 Å². The number of nitrogens with zero attached hydrogens (tertiary/aromatic N) is 1. The average molecular weight is 421 g/mol. The number of thioether (sulfide) groups is 1.